The van der Waals surface area contributed by atoms with Crippen molar-refractivity contribution < 1.29 is 14.6 Å². The van der Waals surface area contributed by atoms with E-state index < -0.39 is 0 Å². The topological polar surface area (TPSA) is 49.8 Å². The van der Waals surface area contributed by atoms with Crippen LogP contribution in [0, 0.1) is 5.41 Å². The van der Waals surface area contributed by atoms with Crippen LogP contribution in [0.5, 0.6) is 0 Å². The molecule has 0 spiro atoms. The summed E-state index contributed by atoms with van der Waals surface area (Å²) >= 11 is 0. The molecule has 1 N–H and O–H groups in total. The maximum Gasteiger partial charge on any atom is 0.312 e. The van der Waals surface area contributed by atoms with Crippen LogP contribution in [0.4, 0.5) is 0 Å². The Bertz CT molecular complexity index is 378. The van der Waals surface area contributed by atoms with Gasteiger partial charge in [0.25, 0.3) is 0 Å². The van der Waals surface area contributed by atoms with E-state index in [2.05, 4.69) is 18.9 Å². The Balaban J connectivity index is 2.17. The fraction of sp³-hybridized carbons (Fsp3) is 0.957. The van der Waals surface area contributed by atoms with Gasteiger partial charge in [-0.25, -0.2) is 0 Å². The van der Waals surface area contributed by atoms with Crippen LogP contribution in [-0.2, 0) is 9.53 Å². The summed E-state index contributed by atoms with van der Waals surface area (Å²) in [6.45, 7) is 6.30. The summed E-state index contributed by atoms with van der Waals surface area (Å²) in [7, 11) is 2.10. The van der Waals surface area contributed by atoms with Gasteiger partial charge in [0.05, 0.1) is 5.41 Å². The van der Waals surface area contributed by atoms with Gasteiger partial charge in [-0.2, -0.15) is 0 Å². The molecule has 0 amide bonds. The molecule has 1 aliphatic heterocycles. The highest BCUT2D eigenvalue weighted by atomic mass is 16.5. The van der Waals surface area contributed by atoms with Crippen molar-refractivity contribution in [1.82, 2.24) is 4.90 Å². The van der Waals surface area contributed by atoms with E-state index in [1.807, 2.05) is 6.92 Å². The standard InChI is InChI=1S/C23H45NO3/c1-4-5-6-7-8-9-10-11-12-13-14-21(15-20-25)27-22(26)23(2)16-18-24(3)19-17-23/h21,25H,4-20H2,1-3H3/t21-/m0/s1. The normalized spacial score (nSPS) is 18.4. The quantitative estimate of drug-likeness (QED) is 0.307. The number of hydrogen-bond donors (Lipinski definition) is 1. The number of rotatable bonds is 15. The number of ether oxygens (including phenoxy) is 1. The first kappa shape index (κ1) is 24.4. The van der Waals surface area contributed by atoms with Crippen molar-refractivity contribution in [3.63, 3.8) is 0 Å². The van der Waals surface area contributed by atoms with Gasteiger partial charge in [0, 0.05) is 13.0 Å². The number of unbranched alkanes of at least 4 members (excludes halogenated alkanes) is 9. The molecule has 0 aliphatic carbocycles. The fourth-order valence-electron chi connectivity index (χ4n) is 3.88. The summed E-state index contributed by atoms with van der Waals surface area (Å²) in [6.07, 6.45) is 16.2. The number of carbonyl (C=O) groups excluding carboxylic acids is 1. The molecule has 160 valence electrons. The molecular weight excluding hydrogens is 338 g/mol. The van der Waals surface area contributed by atoms with E-state index in [-0.39, 0.29) is 24.1 Å². The molecule has 0 aromatic carbocycles. The zero-order chi connectivity index (χ0) is 20.0. The Morgan fingerprint density at radius 2 is 1.48 bits per heavy atom. The van der Waals surface area contributed by atoms with Crippen LogP contribution < -0.4 is 0 Å². The Labute approximate surface area is 168 Å². The monoisotopic (exact) mass is 383 g/mol. The predicted molar refractivity (Wildman–Crippen MR) is 113 cm³/mol. The summed E-state index contributed by atoms with van der Waals surface area (Å²) in [5.74, 6) is -0.0545. The molecule has 1 heterocycles. The minimum Gasteiger partial charge on any atom is -0.462 e. The molecule has 0 radical (unpaired) electrons. The van der Waals surface area contributed by atoms with E-state index in [4.69, 9.17) is 4.74 Å². The van der Waals surface area contributed by atoms with Gasteiger partial charge in [0.1, 0.15) is 6.10 Å². The third-order valence-electron chi connectivity index (χ3n) is 6.19. The molecule has 1 rings (SSSR count). The molecule has 0 aromatic rings. The maximum absolute atomic E-state index is 12.7. The first-order chi connectivity index (χ1) is 13.0. The van der Waals surface area contributed by atoms with Gasteiger partial charge >= 0.3 is 5.97 Å². The lowest BCUT2D eigenvalue weighted by Crippen LogP contribution is -2.43. The highest BCUT2D eigenvalue weighted by Gasteiger charge is 2.38. The van der Waals surface area contributed by atoms with Crippen LogP contribution in [0.3, 0.4) is 0 Å². The molecule has 27 heavy (non-hydrogen) atoms. The third kappa shape index (κ3) is 10.5. The van der Waals surface area contributed by atoms with Crippen molar-refractivity contribution in [2.45, 2.75) is 110 Å². The average molecular weight is 384 g/mol. The van der Waals surface area contributed by atoms with Crippen molar-refractivity contribution in [3.8, 4) is 0 Å². The van der Waals surface area contributed by atoms with Crippen molar-refractivity contribution in [1.29, 1.82) is 0 Å². The van der Waals surface area contributed by atoms with E-state index in [0.717, 1.165) is 38.8 Å². The van der Waals surface area contributed by atoms with E-state index in [9.17, 15) is 9.90 Å². The maximum atomic E-state index is 12.7. The van der Waals surface area contributed by atoms with Crippen LogP contribution in [-0.4, -0.2) is 48.8 Å². The molecule has 4 heteroatoms. The van der Waals surface area contributed by atoms with Gasteiger partial charge in [0.15, 0.2) is 0 Å². The van der Waals surface area contributed by atoms with Crippen LogP contribution in [0.2, 0.25) is 0 Å². The molecule has 1 fully saturated rings. The molecule has 1 aliphatic rings. The van der Waals surface area contributed by atoms with Crippen LogP contribution in [0.1, 0.15) is 104 Å². The van der Waals surface area contributed by atoms with Gasteiger partial charge in [-0.05, 0) is 52.7 Å². The summed E-state index contributed by atoms with van der Waals surface area (Å²) in [5, 5.41) is 9.32. The van der Waals surface area contributed by atoms with Gasteiger partial charge in [-0.1, -0.05) is 64.7 Å². The second kappa shape index (κ2) is 14.4. The van der Waals surface area contributed by atoms with E-state index in [1.165, 1.54) is 57.8 Å². The summed E-state index contributed by atoms with van der Waals surface area (Å²) in [6, 6.07) is 0. The lowest BCUT2D eigenvalue weighted by atomic mass is 9.80. The number of aliphatic hydroxyl groups excluding tert-OH is 1. The van der Waals surface area contributed by atoms with Crippen molar-refractivity contribution >= 4 is 5.97 Å². The van der Waals surface area contributed by atoms with Crippen molar-refractivity contribution in [2.75, 3.05) is 26.7 Å². The highest BCUT2D eigenvalue weighted by molar-refractivity contribution is 5.76. The number of likely N-dealkylation sites (tertiary alicyclic amines) is 1. The van der Waals surface area contributed by atoms with Gasteiger partial charge < -0.3 is 14.7 Å². The second-order valence-corrected chi connectivity index (χ2v) is 8.87. The molecule has 1 atom stereocenters. The van der Waals surface area contributed by atoms with Crippen LogP contribution >= 0.6 is 0 Å². The number of esters is 1. The molecule has 0 saturated carbocycles. The lowest BCUT2D eigenvalue weighted by Gasteiger charge is -2.36. The molecule has 1 saturated heterocycles. The van der Waals surface area contributed by atoms with Crippen molar-refractivity contribution in [3.05, 3.63) is 0 Å². The van der Waals surface area contributed by atoms with Crippen LogP contribution in [0.15, 0.2) is 0 Å². The number of carbonyl (C=O) groups is 1. The first-order valence-electron chi connectivity index (χ1n) is 11.5. The SMILES string of the molecule is CCCCCCCCCCCC[C@@H](CCO)OC(=O)C1(C)CCN(C)CC1. The zero-order valence-electron chi connectivity index (χ0n) is 18.3. The predicted octanol–water partition coefficient (Wildman–Crippen LogP) is 5.32. The summed E-state index contributed by atoms with van der Waals surface area (Å²) < 4.78 is 5.83. The van der Waals surface area contributed by atoms with Gasteiger partial charge in [-0.3, -0.25) is 4.79 Å². The summed E-state index contributed by atoms with van der Waals surface area (Å²) in [4.78, 5) is 14.9. The molecule has 0 unspecified atom stereocenters. The fourth-order valence-corrected chi connectivity index (χ4v) is 3.88. The highest BCUT2D eigenvalue weighted by Crippen LogP contribution is 2.32. The Hall–Kier alpha value is -0.610. The zero-order valence-corrected chi connectivity index (χ0v) is 18.3. The minimum absolute atomic E-state index is 0.0545. The van der Waals surface area contributed by atoms with E-state index in [0.29, 0.717) is 6.42 Å². The molecule has 4 nitrogen and oxygen atoms in total. The number of hydrogen-bond acceptors (Lipinski definition) is 4. The van der Waals surface area contributed by atoms with E-state index in [1.54, 1.807) is 0 Å². The number of piperidine rings is 1. The van der Waals surface area contributed by atoms with Gasteiger partial charge in [-0.15, -0.1) is 0 Å². The lowest BCUT2D eigenvalue weighted by molar-refractivity contribution is -0.164. The summed E-state index contributed by atoms with van der Waals surface area (Å²) in [5.41, 5.74) is -0.349. The van der Waals surface area contributed by atoms with Crippen LogP contribution in [0.25, 0.3) is 0 Å². The minimum atomic E-state index is -0.349. The second-order valence-electron chi connectivity index (χ2n) is 8.87. The average Bonchev–Trinajstić information content (AvgIpc) is 2.65. The van der Waals surface area contributed by atoms with E-state index >= 15 is 0 Å². The number of nitrogens with zero attached hydrogens (tertiary/aromatic N) is 1. The molecular formula is C23H45NO3. The largest absolute Gasteiger partial charge is 0.462 e. The van der Waals surface area contributed by atoms with Gasteiger partial charge in [0.2, 0.25) is 0 Å². The Kier molecular flexibility index (Phi) is 13.0. The first-order valence-corrected chi connectivity index (χ1v) is 11.5. The smallest absolute Gasteiger partial charge is 0.312 e. The number of aliphatic hydroxyl groups is 1. The third-order valence-corrected chi connectivity index (χ3v) is 6.19. The Morgan fingerprint density at radius 3 is 2.00 bits per heavy atom. The van der Waals surface area contributed by atoms with Crippen molar-refractivity contribution in [2.24, 2.45) is 5.41 Å². The Morgan fingerprint density at radius 1 is 0.963 bits per heavy atom. The molecule has 0 aromatic heterocycles. The molecule has 0 bridgehead atoms.